The normalized spacial score (nSPS) is 22.9. The lowest BCUT2D eigenvalue weighted by atomic mass is 9.84. The number of amides is 11. The molecule has 71 heavy (non-hydrogen) atoms. The molecule has 0 bridgehead atoms. The maximum absolute atomic E-state index is 14.1. The first-order valence-electron chi connectivity index (χ1n) is 23.5. The van der Waals surface area contributed by atoms with Crippen LogP contribution in [0.2, 0.25) is 0 Å². The van der Waals surface area contributed by atoms with Crippen LogP contribution >= 0.6 is 0 Å². The van der Waals surface area contributed by atoms with Crippen LogP contribution in [0, 0.1) is 11.8 Å². The monoisotopic (exact) mass is 1020 g/mol. The van der Waals surface area contributed by atoms with Crippen LogP contribution in [0.4, 0.5) is 0 Å². The minimum atomic E-state index is -4.28. The zero-order chi connectivity index (χ0) is 53.0. The highest BCUT2D eigenvalue weighted by Crippen LogP contribution is 2.27. The average Bonchev–Trinajstić information content (AvgIpc) is 3.30. The third kappa shape index (κ3) is 20.6. The summed E-state index contributed by atoms with van der Waals surface area (Å²) in [4.78, 5) is 147. The van der Waals surface area contributed by atoms with Crippen molar-refractivity contribution in [1.82, 2.24) is 42.1 Å². The number of phenolic OH excluding ortho intramolecular Hbond substituents is 1. The third-order valence-electron chi connectivity index (χ3n) is 12.3. The summed E-state index contributed by atoms with van der Waals surface area (Å²) in [6.07, 6.45) is 1.55. The molecule has 3 rings (SSSR count). The molecule has 26 heteroatoms. The van der Waals surface area contributed by atoms with E-state index in [1.807, 2.05) is 0 Å². The van der Waals surface area contributed by atoms with Crippen molar-refractivity contribution in [3.05, 3.63) is 29.8 Å². The van der Waals surface area contributed by atoms with Gasteiger partial charge >= 0.3 is 0 Å². The first-order valence-corrected chi connectivity index (χ1v) is 25.4. The maximum atomic E-state index is 14.1. The van der Waals surface area contributed by atoms with Gasteiger partial charge in [0.05, 0.1) is 31.0 Å². The highest BCUT2D eigenvalue weighted by atomic mass is 32.2. The lowest BCUT2D eigenvalue weighted by molar-refractivity contribution is -0.140. The van der Waals surface area contributed by atoms with E-state index >= 15 is 0 Å². The van der Waals surface area contributed by atoms with Crippen LogP contribution < -0.4 is 54.4 Å². The van der Waals surface area contributed by atoms with Gasteiger partial charge < -0.3 is 64.4 Å². The van der Waals surface area contributed by atoms with Crippen molar-refractivity contribution in [1.29, 1.82) is 0 Å². The molecule has 1 heterocycles. The predicted octanol–water partition coefficient (Wildman–Crippen LogP) is -3.73. The Bertz CT molecular complexity index is 2220. The van der Waals surface area contributed by atoms with E-state index in [0.717, 1.165) is 44.1 Å². The fourth-order valence-corrected chi connectivity index (χ4v) is 9.36. The van der Waals surface area contributed by atoms with Gasteiger partial charge in [0.25, 0.3) is 0 Å². The third-order valence-corrected chi connectivity index (χ3v) is 14.0. The standard InChI is InChI=1S/C45H69N11O14S/c1-4-25(2)39-44(67)52-29(14-15-34(46)58)41(64)54-33(22-35(47)59)42(65)53-30(16-18-71(69,70)19-17-37(61)50-32(43(66)55-39)21-27-10-12-28(57)13-11-27)45(68)56(3)24-38(62)51-31(40(63)49-23-36(48)60)20-26-8-6-5-7-9-26/h10-13,25-26,29-33,39,57H,4-9,14-24H2,1-3H3,(H2,46,58)(H2,47,59)(H2,48,60)(H,49,63)(H,50,61)(H,51,62)(H,52,67)(H,53,65)(H,54,64)(H,55,66)/t25-,29-,30-,31-,32-,33-,39-/m0/s1. The molecule has 11 amide bonds. The number of benzene rings is 1. The van der Waals surface area contributed by atoms with Gasteiger partial charge in [-0.15, -0.1) is 0 Å². The largest absolute Gasteiger partial charge is 0.508 e. The number of nitrogens with zero attached hydrogens (tertiary/aromatic N) is 1. The molecule has 1 aromatic carbocycles. The maximum Gasteiger partial charge on any atom is 0.245 e. The van der Waals surface area contributed by atoms with Crippen LogP contribution in [0.1, 0.15) is 96.5 Å². The molecular formula is C45H69N11O14S. The number of nitrogens with two attached hydrogens (primary N) is 3. The second-order valence-electron chi connectivity index (χ2n) is 18.2. The topological polar surface area (TPSA) is 408 Å². The Morgan fingerprint density at radius 1 is 0.775 bits per heavy atom. The van der Waals surface area contributed by atoms with Crippen LogP contribution in [0.25, 0.3) is 0 Å². The van der Waals surface area contributed by atoms with E-state index in [2.05, 4.69) is 37.2 Å². The summed E-state index contributed by atoms with van der Waals surface area (Å²) in [5.74, 6) is -12.8. The fourth-order valence-electron chi connectivity index (χ4n) is 8.06. The Morgan fingerprint density at radius 3 is 2.00 bits per heavy atom. The Kier molecular flexibility index (Phi) is 23.1. The average molecular weight is 1020 g/mol. The van der Waals surface area contributed by atoms with E-state index in [4.69, 9.17) is 17.2 Å². The van der Waals surface area contributed by atoms with Gasteiger partial charge in [-0.2, -0.15) is 0 Å². The number of aromatic hydroxyl groups is 1. The predicted molar refractivity (Wildman–Crippen MR) is 254 cm³/mol. The van der Waals surface area contributed by atoms with Crippen molar-refractivity contribution in [2.75, 3.05) is 31.6 Å². The van der Waals surface area contributed by atoms with Crippen molar-refractivity contribution in [2.24, 2.45) is 29.0 Å². The molecule has 25 nitrogen and oxygen atoms in total. The number of hydrogen-bond acceptors (Lipinski definition) is 14. The molecule has 2 fully saturated rings. The molecule has 1 saturated heterocycles. The number of hydrogen-bond donors (Lipinski definition) is 11. The second kappa shape index (κ2) is 28.1. The molecule has 1 aromatic rings. The number of phenols is 1. The van der Waals surface area contributed by atoms with Crippen LogP contribution in [0.3, 0.4) is 0 Å². The van der Waals surface area contributed by atoms with Crippen molar-refractivity contribution >= 4 is 74.8 Å². The van der Waals surface area contributed by atoms with Crippen molar-refractivity contribution in [3.63, 3.8) is 0 Å². The first-order chi connectivity index (χ1) is 33.4. The highest BCUT2D eigenvalue weighted by Gasteiger charge is 2.37. The van der Waals surface area contributed by atoms with Gasteiger partial charge in [-0.25, -0.2) is 8.42 Å². The van der Waals surface area contributed by atoms with E-state index in [1.54, 1.807) is 13.8 Å². The van der Waals surface area contributed by atoms with E-state index in [9.17, 15) is 66.3 Å². The quantitative estimate of drug-likeness (QED) is 0.0674. The van der Waals surface area contributed by atoms with Gasteiger partial charge in [0.15, 0.2) is 9.84 Å². The van der Waals surface area contributed by atoms with Gasteiger partial charge in [0, 0.05) is 26.3 Å². The van der Waals surface area contributed by atoms with Gasteiger partial charge in [0.2, 0.25) is 65.0 Å². The summed E-state index contributed by atoms with van der Waals surface area (Å²) in [6, 6.07) is -3.62. The summed E-state index contributed by atoms with van der Waals surface area (Å²) in [7, 11) is -3.13. The lowest BCUT2D eigenvalue weighted by Gasteiger charge is -2.30. The number of likely N-dealkylation sites (N-methyl/N-ethyl adjacent to an activating group) is 1. The molecular weight excluding hydrogens is 951 g/mol. The highest BCUT2D eigenvalue weighted by molar-refractivity contribution is 7.91. The molecule has 0 unspecified atom stereocenters. The second-order valence-corrected chi connectivity index (χ2v) is 20.5. The Balaban J connectivity index is 2.03. The molecule has 0 aromatic heterocycles. The number of sulfone groups is 1. The summed E-state index contributed by atoms with van der Waals surface area (Å²) >= 11 is 0. The number of primary amides is 3. The number of nitrogens with one attached hydrogen (secondary N) is 7. The molecule has 0 radical (unpaired) electrons. The zero-order valence-electron chi connectivity index (χ0n) is 40.3. The van der Waals surface area contributed by atoms with Gasteiger partial charge in [-0.05, 0) is 48.8 Å². The molecule has 0 spiro atoms. The zero-order valence-corrected chi connectivity index (χ0v) is 41.1. The van der Waals surface area contributed by atoms with E-state index in [0.29, 0.717) is 12.0 Å². The van der Waals surface area contributed by atoms with E-state index in [1.165, 1.54) is 24.3 Å². The summed E-state index contributed by atoms with van der Waals surface area (Å²) in [5, 5.41) is 27.0. The van der Waals surface area contributed by atoms with Crippen LogP contribution in [-0.4, -0.2) is 151 Å². The molecule has 2 aliphatic rings. The minimum absolute atomic E-state index is 0.0637. The van der Waals surface area contributed by atoms with E-state index < -0.39 is 174 Å². The number of carbonyl (C=O) groups is 11. The molecule has 1 aliphatic carbocycles. The van der Waals surface area contributed by atoms with Crippen molar-refractivity contribution in [3.8, 4) is 5.75 Å². The Morgan fingerprint density at radius 2 is 1.39 bits per heavy atom. The van der Waals surface area contributed by atoms with E-state index in [-0.39, 0.29) is 24.5 Å². The minimum Gasteiger partial charge on any atom is -0.508 e. The smallest absolute Gasteiger partial charge is 0.245 e. The molecule has 14 N–H and O–H groups in total. The molecule has 394 valence electrons. The number of rotatable bonds is 18. The van der Waals surface area contributed by atoms with Crippen LogP contribution in [0.5, 0.6) is 5.75 Å². The van der Waals surface area contributed by atoms with Gasteiger partial charge in [0.1, 0.15) is 42.0 Å². The van der Waals surface area contributed by atoms with Gasteiger partial charge in [-0.3, -0.25) is 52.7 Å². The lowest BCUT2D eigenvalue weighted by Crippen LogP contribution is -2.61. The van der Waals surface area contributed by atoms with Crippen LogP contribution in [-0.2, 0) is 69.0 Å². The SMILES string of the molecule is CC[C@H](C)[C@@H]1NC(=O)[C@H](Cc2ccc(O)cc2)NC(=O)CCS(=O)(=O)CC[C@@H](C(=O)N(C)CC(=O)N[C@@H](CC2CCCCC2)C(=O)NCC(N)=O)NC(=O)[C@H](CC(N)=O)NC(=O)[C@H](CCC(N)=O)NC1=O. The summed E-state index contributed by atoms with van der Waals surface area (Å²) in [6.45, 7) is 2.08. The Hall–Kier alpha value is -6.86. The molecule has 1 saturated carbocycles. The van der Waals surface area contributed by atoms with Crippen molar-refractivity contribution < 1.29 is 66.3 Å². The van der Waals surface area contributed by atoms with Crippen LogP contribution in [0.15, 0.2) is 24.3 Å². The van der Waals surface area contributed by atoms with Crippen molar-refractivity contribution in [2.45, 2.75) is 134 Å². The molecule has 7 atom stereocenters. The molecule has 1 aliphatic heterocycles. The van der Waals surface area contributed by atoms with Gasteiger partial charge in [-0.1, -0.05) is 64.5 Å². The fraction of sp³-hybridized carbons (Fsp3) is 0.622. The summed E-state index contributed by atoms with van der Waals surface area (Å²) < 4.78 is 27.1. The first kappa shape index (κ1) is 58.5. The Labute approximate surface area is 411 Å². The summed E-state index contributed by atoms with van der Waals surface area (Å²) in [5.41, 5.74) is 16.5. The number of carbonyl (C=O) groups excluding carboxylic acids is 11.